The molecule has 0 aliphatic carbocycles. The Morgan fingerprint density at radius 3 is 2.57 bits per heavy atom. The van der Waals surface area contributed by atoms with E-state index in [1.165, 1.54) is 0 Å². The lowest BCUT2D eigenvalue weighted by molar-refractivity contribution is 0.411. The summed E-state index contributed by atoms with van der Waals surface area (Å²) in [6.07, 6.45) is 0. The second-order valence-corrected chi connectivity index (χ2v) is 4.93. The monoisotopic (exact) mass is 276 g/mol. The van der Waals surface area contributed by atoms with Crippen molar-refractivity contribution in [2.24, 2.45) is 0 Å². The molecule has 0 spiro atoms. The van der Waals surface area contributed by atoms with Crippen LogP contribution in [0, 0.1) is 0 Å². The molecule has 0 amide bonds. The Bertz CT molecular complexity index is 1040. The first-order valence-electron chi connectivity index (χ1n) is 6.71. The molecule has 0 fully saturated rings. The van der Waals surface area contributed by atoms with Crippen LogP contribution in [0.3, 0.4) is 0 Å². The van der Waals surface area contributed by atoms with Crippen LogP contribution in [0.1, 0.15) is 0 Å². The number of hydrogen-bond acceptors (Lipinski definition) is 3. The van der Waals surface area contributed by atoms with Crippen LogP contribution in [0.2, 0.25) is 0 Å². The van der Waals surface area contributed by atoms with E-state index in [0.29, 0.717) is 27.7 Å². The van der Waals surface area contributed by atoms with E-state index < -0.39 is 0 Å². The van der Waals surface area contributed by atoms with Gasteiger partial charge in [-0.1, -0.05) is 36.4 Å². The predicted octanol–water partition coefficient (Wildman–Crippen LogP) is 4.11. The first-order chi connectivity index (χ1) is 10.3. The van der Waals surface area contributed by atoms with Gasteiger partial charge >= 0.3 is 0 Å². The largest absolute Gasteiger partial charge is 0.493 e. The van der Waals surface area contributed by atoms with Crippen LogP contribution in [0.25, 0.3) is 32.7 Å². The summed E-state index contributed by atoms with van der Waals surface area (Å²) >= 11 is 0. The third-order valence-electron chi connectivity index (χ3n) is 3.77. The van der Waals surface area contributed by atoms with E-state index in [2.05, 4.69) is 0 Å². The summed E-state index contributed by atoms with van der Waals surface area (Å²) in [5.74, 6) is 0.569. The van der Waals surface area contributed by atoms with Gasteiger partial charge in [0.15, 0.2) is 11.3 Å². The molecule has 0 saturated heterocycles. The van der Waals surface area contributed by atoms with Crippen LogP contribution >= 0.6 is 0 Å². The van der Waals surface area contributed by atoms with Crippen LogP contribution < -0.4 is 10.2 Å². The molecular weight excluding hydrogens is 264 g/mol. The summed E-state index contributed by atoms with van der Waals surface area (Å²) in [7, 11) is 1.57. The maximum Gasteiger partial charge on any atom is 0.201 e. The van der Waals surface area contributed by atoms with Crippen molar-refractivity contribution in [2.45, 2.75) is 0 Å². The molecule has 0 aliphatic heterocycles. The van der Waals surface area contributed by atoms with Crippen LogP contribution in [-0.4, -0.2) is 7.11 Å². The standard InChI is InChI=1S/C18H12O3/c1-20-15-8-4-7-13-17(19)16-12-6-3-2-5-11(12)9-10-14(16)21-18(13)15/h2-10H,1H3. The molecule has 4 rings (SSSR count). The zero-order valence-electron chi connectivity index (χ0n) is 11.4. The van der Waals surface area contributed by atoms with Gasteiger partial charge in [0.1, 0.15) is 5.58 Å². The van der Waals surface area contributed by atoms with Gasteiger partial charge in [-0.25, -0.2) is 0 Å². The Morgan fingerprint density at radius 1 is 0.905 bits per heavy atom. The number of fused-ring (bicyclic) bond motifs is 4. The van der Waals surface area contributed by atoms with E-state index in [-0.39, 0.29) is 5.43 Å². The first kappa shape index (κ1) is 12.0. The maximum atomic E-state index is 12.9. The highest BCUT2D eigenvalue weighted by Gasteiger charge is 2.13. The van der Waals surface area contributed by atoms with Crippen molar-refractivity contribution in [3.63, 3.8) is 0 Å². The number of hydrogen-bond donors (Lipinski definition) is 0. The fraction of sp³-hybridized carbons (Fsp3) is 0.0556. The molecular formula is C18H12O3. The highest BCUT2D eigenvalue weighted by Crippen LogP contribution is 2.29. The molecule has 1 heterocycles. The molecule has 4 aromatic rings. The topological polar surface area (TPSA) is 39.4 Å². The van der Waals surface area contributed by atoms with Crippen LogP contribution in [-0.2, 0) is 0 Å². The third-order valence-corrected chi connectivity index (χ3v) is 3.77. The number of rotatable bonds is 1. The van der Waals surface area contributed by atoms with Gasteiger partial charge in [0.2, 0.25) is 5.43 Å². The third kappa shape index (κ3) is 1.64. The van der Waals surface area contributed by atoms with Crippen molar-refractivity contribution < 1.29 is 9.15 Å². The molecule has 3 heteroatoms. The second kappa shape index (κ2) is 4.35. The van der Waals surface area contributed by atoms with E-state index in [1.54, 1.807) is 25.3 Å². The van der Waals surface area contributed by atoms with Gasteiger partial charge in [-0.2, -0.15) is 0 Å². The quantitative estimate of drug-likeness (QED) is 0.388. The van der Waals surface area contributed by atoms with Gasteiger partial charge in [0.05, 0.1) is 17.9 Å². The Balaban J connectivity index is 2.31. The molecule has 21 heavy (non-hydrogen) atoms. The van der Waals surface area contributed by atoms with Crippen molar-refractivity contribution in [2.75, 3.05) is 7.11 Å². The van der Waals surface area contributed by atoms with Crippen LogP contribution in [0.15, 0.2) is 63.8 Å². The fourth-order valence-corrected chi connectivity index (χ4v) is 2.78. The maximum absolute atomic E-state index is 12.9. The average Bonchev–Trinajstić information content (AvgIpc) is 2.54. The number of benzene rings is 3. The lowest BCUT2D eigenvalue weighted by atomic mass is 10.0. The van der Waals surface area contributed by atoms with Gasteiger partial charge in [-0.3, -0.25) is 4.79 Å². The molecule has 3 nitrogen and oxygen atoms in total. The molecule has 0 unspecified atom stereocenters. The van der Waals surface area contributed by atoms with Crippen molar-refractivity contribution in [3.05, 3.63) is 64.8 Å². The van der Waals surface area contributed by atoms with Crippen molar-refractivity contribution in [1.82, 2.24) is 0 Å². The zero-order valence-corrected chi connectivity index (χ0v) is 11.4. The summed E-state index contributed by atoms with van der Waals surface area (Å²) in [6, 6.07) is 17.0. The Hall–Kier alpha value is -2.81. The highest BCUT2D eigenvalue weighted by molar-refractivity contribution is 6.08. The van der Waals surface area contributed by atoms with E-state index in [1.807, 2.05) is 36.4 Å². The minimum Gasteiger partial charge on any atom is -0.493 e. The van der Waals surface area contributed by atoms with E-state index in [9.17, 15) is 4.79 Å². The molecule has 0 radical (unpaired) electrons. The first-order valence-corrected chi connectivity index (χ1v) is 6.71. The van der Waals surface area contributed by atoms with Crippen molar-refractivity contribution >= 4 is 32.7 Å². The molecule has 0 N–H and O–H groups in total. The highest BCUT2D eigenvalue weighted by atomic mass is 16.5. The van der Waals surface area contributed by atoms with Crippen molar-refractivity contribution in [3.8, 4) is 5.75 Å². The summed E-state index contributed by atoms with van der Waals surface area (Å²) < 4.78 is 11.2. The predicted molar refractivity (Wildman–Crippen MR) is 84.0 cm³/mol. The van der Waals surface area contributed by atoms with Crippen LogP contribution in [0.5, 0.6) is 5.75 Å². The molecule has 0 atom stereocenters. The molecule has 0 aliphatic rings. The lowest BCUT2D eigenvalue weighted by Gasteiger charge is -2.07. The summed E-state index contributed by atoms with van der Waals surface area (Å²) in [5.41, 5.74) is 1.05. The van der Waals surface area contributed by atoms with Gasteiger partial charge in [0.25, 0.3) is 0 Å². The second-order valence-electron chi connectivity index (χ2n) is 4.93. The molecule has 102 valence electrons. The van der Waals surface area contributed by atoms with Crippen LogP contribution in [0.4, 0.5) is 0 Å². The minimum absolute atomic E-state index is 0.0260. The zero-order chi connectivity index (χ0) is 14.4. The summed E-state index contributed by atoms with van der Waals surface area (Å²) in [4.78, 5) is 12.9. The van der Waals surface area contributed by atoms with Gasteiger partial charge < -0.3 is 9.15 Å². The SMILES string of the molecule is COc1cccc2c(=O)c3c(ccc4ccccc43)oc12. The van der Waals surface area contributed by atoms with Gasteiger partial charge in [0, 0.05) is 0 Å². The van der Waals surface area contributed by atoms with Crippen molar-refractivity contribution in [1.29, 1.82) is 0 Å². The fourth-order valence-electron chi connectivity index (χ4n) is 2.78. The Labute approximate surface area is 120 Å². The molecule has 0 saturated carbocycles. The van der Waals surface area contributed by atoms with Gasteiger partial charge in [-0.15, -0.1) is 0 Å². The average molecular weight is 276 g/mol. The van der Waals surface area contributed by atoms with Gasteiger partial charge in [-0.05, 0) is 29.0 Å². The van der Waals surface area contributed by atoms with E-state index in [4.69, 9.17) is 9.15 Å². The Kier molecular flexibility index (Phi) is 2.48. The number of para-hydroxylation sites is 1. The minimum atomic E-state index is -0.0260. The Morgan fingerprint density at radius 2 is 1.71 bits per heavy atom. The molecule has 0 bridgehead atoms. The normalized spacial score (nSPS) is 11.3. The van der Waals surface area contributed by atoms with E-state index >= 15 is 0 Å². The smallest absolute Gasteiger partial charge is 0.201 e. The number of ether oxygens (including phenoxy) is 1. The molecule has 3 aromatic carbocycles. The molecule has 1 aromatic heterocycles. The summed E-state index contributed by atoms with van der Waals surface area (Å²) in [6.45, 7) is 0. The lowest BCUT2D eigenvalue weighted by Crippen LogP contribution is -2.03. The van der Waals surface area contributed by atoms with E-state index in [0.717, 1.165) is 10.8 Å². The number of methoxy groups -OCH3 is 1. The summed E-state index contributed by atoms with van der Waals surface area (Å²) in [5, 5.41) is 3.10.